The fourth-order valence-corrected chi connectivity index (χ4v) is 3.25. The zero-order valence-electron chi connectivity index (χ0n) is 13.2. The smallest absolute Gasteiger partial charge is 0.226 e. The largest absolute Gasteiger partial charge is 0.444 e. The molecule has 1 aromatic carbocycles. The molecule has 0 spiro atoms. The first kappa shape index (κ1) is 18.3. The Hall–Kier alpha value is -1.07. The van der Waals surface area contributed by atoms with Crippen molar-refractivity contribution >= 4 is 24.0 Å². The van der Waals surface area contributed by atoms with Gasteiger partial charge in [0.05, 0.1) is 5.69 Å². The van der Waals surface area contributed by atoms with Gasteiger partial charge in [-0.05, 0) is 50.6 Å². The van der Waals surface area contributed by atoms with E-state index in [0.29, 0.717) is 17.0 Å². The lowest BCUT2D eigenvalue weighted by molar-refractivity contribution is 0.121. The normalized spacial score (nSPS) is 20.0. The van der Waals surface area contributed by atoms with Gasteiger partial charge in [-0.2, -0.15) is 0 Å². The third-order valence-electron chi connectivity index (χ3n) is 4.28. The zero-order chi connectivity index (χ0) is 15.5. The van der Waals surface area contributed by atoms with Crippen LogP contribution in [0.3, 0.4) is 0 Å². The van der Waals surface area contributed by atoms with Crippen molar-refractivity contribution in [1.29, 1.82) is 0 Å². The number of piperidine rings is 1. The number of hydrogen-bond acceptors (Lipinski definition) is 4. The average Bonchev–Trinajstić information content (AvgIpc) is 2.97. The van der Waals surface area contributed by atoms with Crippen LogP contribution in [0, 0.1) is 0 Å². The molecular formula is C17H23Cl2N3O. The fraction of sp³-hybridized carbons (Fsp3) is 0.471. The Morgan fingerprint density at radius 1 is 1.35 bits per heavy atom. The monoisotopic (exact) mass is 355 g/mol. The van der Waals surface area contributed by atoms with Gasteiger partial charge in [-0.1, -0.05) is 18.0 Å². The van der Waals surface area contributed by atoms with Gasteiger partial charge in [0.15, 0.2) is 0 Å². The van der Waals surface area contributed by atoms with Gasteiger partial charge >= 0.3 is 0 Å². The van der Waals surface area contributed by atoms with Crippen LogP contribution in [0.2, 0.25) is 5.02 Å². The SMILES string of the molecule is CC(N)C1CCCCN1Cc1coc(-c2ccc(Cl)cc2)n1.Cl. The molecule has 2 aromatic rings. The molecule has 1 saturated heterocycles. The molecule has 1 aliphatic rings. The summed E-state index contributed by atoms with van der Waals surface area (Å²) in [6, 6.07) is 8.15. The van der Waals surface area contributed by atoms with E-state index in [1.165, 1.54) is 19.3 Å². The number of oxazole rings is 1. The lowest BCUT2D eigenvalue weighted by Gasteiger charge is -2.37. The summed E-state index contributed by atoms with van der Waals surface area (Å²) in [7, 11) is 0. The number of nitrogens with zero attached hydrogens (tertiary/aromatic N) is 2. The summed E-state index contributed by atoms with van der Waals surface area (Å²) < 4.78 is 5.62. The van der Waals surface area contributed by atoms with Crippen molar-refractivity contribution in [2.75, 3.05) is 6.54 Å². The minimum absolute atomic E-state index is 0. The van der Waals surface area contributed by atoms with E-state index >= 15 is 0 Å². The second-order valence-corrected chi connectivity index (χ2v) is 6.48. The van der Waals surface area contributed by atoms with Crippen LogP contribution in [-0.4, -0.2) is 28.5 Å². The van der Waals surface area contributed by atoms with Crippen molar-refractivity contribution in [1.82, 2.24) is 9.88 Å². The summed E-state index contributed by atoms with van der Waals surface area (Å²) in [6.07, 6.45) is 5.40. The number of nitrogens with two attached hydrogens (primary N) is 1. The van der Waals surface area contributed by atoms with Crippen LogP contribution in [0.5, 0.6) is 0 Å². The topological polar surface area (TPSA) is 55.3 Å². The molecule has 6 heteroatoms. The van der Waals surface area contributed by atoms with Crippen molar-refractivity contribution < 1.29 is 4.42 Å². The van der Waals surface area contributed by atoms with E-state index < -0.39 is 0 Å². The first-order valence-electron chi connectivity index (χ1n) is 7.83. The molecule has 2 N–H and O–H groups in total. The number of halogens is 2. The highest BCUT2D eigenvalue weighted by Gasteiger charge is 2.26. The van der Waals surface area contributed by atoms with Gasteiger partial charge in [-0.15, -0.1) is 12.4 Å². The molecule has 0 amide bonds. The third-order valence-corrected chi connectivity index (χ3v) is 4.53. The first-order chi connectivity index (χ1) is 10.6. The van der Waals surface area contributed by atoms with Crippen molar-refractivity contribution in [2.45, 2.75) is 44.8 Å². The van der Waals surface area contributed by atoms with Crippen LogP contribution in [0.25, 0.3) is 11.5 Å². The summed E-state index contributed by atoms with van der Waals surface area (Å²) in [5.74, 6) is 0.640. The minimum Gasteiger partial charge on any atom is -0.444 e. The molecule has 0 aliphatic carbocycles. The van der Waals surface area contributed by atoms with E-state index in [9.17, 15) is 0 Å². The van der Waals surface area contributed by atoms with Gasteiger partial charge in [-0.3, -0.25) is 4.90 Å². The lowest BCUT2D eigenvalue weighted by atomic mass is 9.97. The van der Waals surface area contributed by atoms with Crippen LogP contribution in [0.1, 0.15) is 31.9 Å². The quantitative estimate of drug-likeness (QED) is 0.895. The lowest BCUT2D eigenvalue weighted by Crippen LogP contribution is -2.48. The molecule has 2 heterocycles. The van der Waals surface area contributed by atoms with Crippen molar-refractivity contribution in [2.24, 2.45) is 5.73 Å². The predicted molar refractivity (Wildman–Crippen MR) is 95.9 cm³/mol. The molecule has 0 bridgehead atoms. The Labute approximate surface area is 148 Å². The summed E-state index contributed by atoms with van der Waals surface area (Å²) in [5.41, 5.74) is 8.02. The Balaban J connectivity index is 0.00000192. The van der Waals surface area contributed by atoms with E-state index in [4.69, 9.17) is 21.8 Å². The van der Waals surface area contributed by atoms with Crippen molar-refractivity contribution in [3.63, 3.8) is 0 Å². The summed E-state index contributed by atoms with van der Waals surface area (Å²) >= 11 is 5.91. The van der Waals surface area contributed by atoms with Gasteiger partial charge < -0.3 is 10.2 Å². The molecule has 1 fully saturated rings. The highest BCUT2D eigenvalue weighted by Crippen LogP contribution is 2.24. The standard InChI is InChI=1S/C17H22ClN3O.ClH/c1-12(19)16-4-2-3-9-21(16)10-15-11-22-17(20-15)13-5-7-14(18)8-6-13;/h5-8,11-12,16H,2-4,9-10,19H2,1H3;1H. The number of rotatable bonds is 4. The fourth-order valence-electron chi connectivity index (χ4n) is 3.12. The van der Waals surface area contributed by atoms with E-state index in [1.807, 2.05) is 24.3 Å². The summed E-state index contributed by atoms with van der Waals surface area (Å²) in [6.45, 7) is 3.96. The van der Waals surface area contributed by atoms with Gasteiger partial charge in [-0.25, -0.2) is 4.98 Å². The van der Waals surface area contributed by atoms with E-state index in [-0.39, 0.29) is 18.4 Å². The van der Waals surface area contributed by atoms with Gasteiger partial charge in [0, 0.05) is 29.2 Å². The maximum absolute atomic E-state index is 6.12. The molecular weight excluding hydrogens is 333 g/mol. The minimum atomic E-state index is 0. The van der Waals surface area contributed by atoms with Gasteiger partial charge in [0.1, 0.15) is 6.26 Å². The molecule has 2 atom stereocenters. The highest BCUT2D eigenvalue weighted by atomic mass is 35.5. The second kappa shape index (κ2) is 8.15. The summed E-state index contributed by atoms with van der Waals surface area (Å²) in [4.78, 5) is 7.03. The molecule has 4 nitrogen and oxygen atoms in total. The first-order valence-corrected chi connectivity index (χ1v) is 8.21. The van der Waals surface area contributed by atoms with E-state index in [1.54, 1.807) is 6.26 Å². The number of benzene rings is 1. The van der Waals surface area contributed by atoms with Crippen LogP contribution in [0.4, 0.5) is 0 Å². The Kier molecular flexibility index (Phi) is 6.48. The summed E-state index contributed by atoms with van der Waals surface area (Å²) in [5, 5.41) is 0.712. The molecule has 0 saturated carbocycles. The predicted octanol–water partition coefficient (Wildman–Crippen LogP) is 4.12. The Bertz CT molecular complexity index is 613. The van der Waals surface area contributed by atoms with Crippen LogP contribution < -0.4 is 5.73 Å². The molecule has 0 radical (unpaired) electrons. The average molecular weight is 356 g/mol. The molecule has 23 heavy (non-hydrogen) atoms. The molecule has 3 rings (SSSR count). The molecule has 1 aliphatic heterocycles. The van der Waals surface area contributed by atoms with Gasteiger partial charge in [0.2, 0.25) is 5.89 Å². The highest BCUT2D eigenvalue weighted by molar-refractivity contribution is 6.30. The number of hydrogen-bond donors (Lipinski definition) is 1. The van der Waals surface area contributed by atoms with E-state index in [0.717, 1.165) is 24.3 Å². The Morgan fingerprint density at radius 3 is 2.78 bits per heavy atom. The number of likely N-dealkylation sites (tertiary alicyclic amines) is 1. The van der Waals surface area contributed by atoms with Crippen molar-refractivity contribution in [3.8, 4) is 11.5 Å². The number of aromatic nitrogens is 1. The van der Waals surface area contributed by atoms with Crippen LogP contribution in [-0.2, 0) is 6.54 Å². The molecule has 2 unspecified atom stereocenters. The maximum Gasteiger partial charge on any atom is 0.226 e. The molecule has 126 valence electrons. The van der Waals surface area contributed by atoms with Gasteiger partial charge in [0.25, 0.3) is 0 Å². The third kappa shape index (κ3) is 4.48. The van der Waals surface area contributed by atoms with Crippen molar-refractivity contribution in [3.05, 3.63) is 41.2 Å². The maximum atomic E-state index is 6.12. The van der Waals surface area contributed by atoms with E-state index in [2.05, 4.69) is 16.8 Å². The van der Waals surface area contributed by atoms with Crippen LogP contribution in [0.15, 0.2) is 34.9 Å². The van der Waals surface area contributed by atoms with Crippen LogP contribution >= 0.6 is 24.0 Å². The zero-order valence-corrected chi connectivity index (χ0v) is 14.8. The second-order valence-electron chi connectivity index (χ2n) is 6.04. The Morgan fingerprint density at radius 2 is 2.09 bits per heavy atom. The molecule has 1 aromatic heterocycles.